The molecule has 17 heavy (non-hydrogen) atoms. The predicted octanol–water partition coefficient (Wildman–Crippen LogP) is 1.91. The molecule has 1 aromatic carbocycles. The highest BCUT2D eigenvalue weighted by Gasteiger charge is 2.22. The number of methoxy groups -OCH3 is 2. The Morgan fingerprint density at radius 2 is 1.82 bits per heavy atom. The molecule has 96 valence electrons. The highest BCUT2D eigenvalue weighted by Crippen LogP contribution is 2.31. The molecule has 4 heteroatoms. The largest absolute Gasteiger partial charge is 0.493 e. The third-order valence-corrected chi connectivity index (χ3v) is 2.65. The van der Waals surface area contributed by atoms with Crippen LogP contribution in [0.2, 0.25) is 0 Å². The maximum Gasteiger partial charge on any atom is 0.161 e. The van der Waals surface area contributed by atoms with Gasteiger partial charge in [0.1, 0.15) is 0 Å². The van der Waals surface area contributed by atoms with Crippen molar-refractivity contribution < 1.29 is 14.2 Å². The smallest absolute Gasteiger partial charge is 0.161 e. The summed E-state index contributed by atoms with van der Waals surface area (Å²) in [6, 6.07) is 5.67. The Hall–Kier alpha value is -1.26. The maximum atomic E-state index is 6.22. The van der Waals surface area contributed by atoms with Gasteiger partial charge in [0, 0.05) is 6.61 Å². The second-order valence-electron chi connectivity index (χ2n) is 4.12. The Bertz CT molecular complexity index is 364. The van der Waals surface area contributed by atoms with Crippen LogP contribution < -0.4 is 15.2 Å². The summed E-state index contributed by atoms with van der Waals surface area (Å²) in [6.07, 6.45) is 0. The molecule has 1 rings (SSSR count). The summed E-state index contributed by atoms with van der Waals surface area (Å²) in [7, 11) is 3.22. The average Bonchev–Trinajstić information content (AvgIpc) is 2.35. The Morgan fingerprint density at radius 3 is 2.35 bits per heavy atom. The molecule has 4 nitrogen and oxygen atoms in total. The van der Waals surface area contributed by atoms with Crippen molar-refractivity contribution in [2.24, 2.45) is 5.73 Å². The van der Waals surface area contributed by atoms with Crippen LogP contribution in [0.4, 0.5) is 0 Å². The molecule has 0 fully saturated rings. The van der Waals surface area contributed by atoms with Gasteiger partial charge in [-0.15, -0.1) is 0 Å². The molecule has 0 saturated carbocycles. The number of hydrogen-bond acceptors (Lipinski definition) is 4. The van der Waals surface area contributed by atoms with Gasteiger partial charge >= 0.3 is 0 Å². The van der Waals surface area contributed by atoms with E-state index in [1.54, 1.807) is 14.2 Å². The summed E-state index contributed by atoms with van der Waals surface area (Å²) >= 11 is 0. The zero-order valence-corrected chi connectivity index (χ0v) is 10.9. The van der Waals surface area contributed by atoms with Crippen molar-refractivity contribution in [2.45, 2.75) is 19.4 Å². The molecule has 0 aliphatic rings. The fourth-order valence-electron chi connectivity index (χ4n) is 1.59. The molecule has 0 aliphatic carbocycles. The van der Waals surface area contributed by atoms with E-state index in [2.05, 4.69) is 0 Å². The Morgan fingerprint density at radius 1 is 1.18 bits per heavy atom. The third kappa shape index (κ3) is 3.35. The molecule has 0 saturated heterocycles. The summed E-state index contributed by atoms with van der Waals surface area (Å²) in [5.74, 6) is 1.38. The van der Waals surface area contributed by atoms with Gasteiger partial charge in [0.05, 0.1) is 26.4 Å². The first-order chi connectivity index (χ1) is 8.05. The van der Waals surface area contributed by atoms with Crippen molar-refractivity contribution in [1.29, 1.82) is 0 Å². The Kier molecular flexibility index (Phi) is 4.78. The van der Waals surface area contributed by atoms with Gasteiger partial charge in [0.15, 0.2) is 11.5 Å². The number of nitrogens with two attached hydrogens (primary N) is 1. The van der Waals surface area contributed by atoms with Crippen LogP contribution in [-0.2, 0) is 10.3 Å². The van der Waals surface area contributed by atoms with E-state index < -0.39 is 5.54 Å². The minimum absolute atomic E-state index is 0.471. The summed E-state index contributed by atoms with van der Waals surface area (Å²) in [5.41, 5.74) is 6.65. The minimum atomic E-state index is -0.532. The number of hydrogen-bond donors (Lipinski definition) is 1. The molecule has 0 aliphatic heterocycles. The van der Waals surface area contributed by atoms with E-state index in [4.69, 9.17) is 19.9 Å². The molecule has 1 aromatic rings. The minimum Gasteiger partial charge on any atom is -0.493 e. The van der Waals surface area contributed by atoms with Gasteiger partial charge in [0.25, 0.3) is 0 Å². The van der Waals surface area contributed by atoms with Gasteiger partial charge in [0.2, 0.25) is 0 Å². The molecule has 1 atom stereocenters. The van der Waals surface area contributed by atoms with Crippen LogP contribution in [0.15, 0.2) is 18.2 Å². The van der Waals surface area contributed by atoms with Gasteiger partial charge in [-0.3, -0.25) is 0 Å². The van der Waals surface area contributed by atoms with Crippen LogP contribution in [0.25, 0.3) is 0 Å². The van der Waals surface area contributed by atoms with Crippen molar-refractivity contribution in [3.63, 3.8) is 0 Å². The maximum absolute atomic E-state index is 6.22. The predicted molar refractivity (Wildman–Crippen MR) is 67.6 cm³/mol. The van der Waals surface area contributed by atoms with Crippen molar-refractivity contribution in [3.8, 4) is 11.5 Å². The van der Waals surface area contributed by atoms with E-state index in [0.717, 1.165) is 5.56 Å². The molecule has 0 amide bonds. The van der Waals surface area contributed by atoms with Gasteiger partial charge in [-0.25, -0.2) is 0 Å². The van der Waals surface area contributed by atoms with Crippen LogP contribution in [0.1, 0.15) is 19.4 Å². The SMILES string of the molecule is CCOCC(C)(N)c1ccc(OC)c(OC)c1. The number of rotatable bonds is 6. The van der Waals surface area contributed by atoms with Gasteiger partial charge in [-0.05, 0) is 31.5 Å². The number of benzene rings is 1. The van der Waals surface area contributed by atoms with E-state index >= 15 is 0 Å². The quantitative estimate of drug-likeness (QED) is 0.824. The fraction of sp³-hybridized carbons (Fsp3) is 0.538. The molecule has 1 unspecified atom stereocenters. The standard InChI is InChI=1S/C13H21NO3/c1-5-17-9-13(2,14)10-6-7-11(15-3)12(8-10)16-4/h6-8H,5,9,14H2,1-4H3. The lowest BCUT2D eigenvalue weighted by Gasteiger charge is -2.25. The zero-order valence-electron chi connectivity index (χ0n) is 10.9. The lowest BCUT2D eigenvalue weighted by atomic mass is 9.94. The normalized spacial score (nSPS) is 14.2. The van der Waals surface area contributed by atoms with Crippen LogP contribution in [0.3, 0.4) is 0 Å². The van der Waals surface area contributed by atoms with Gasteiger partial charge < -0.3 is 19.9 Å². The van der Waals surface area contributed by atoms with E-state index in [9.17, 15) is 0 Å². The van der Waals surface area contributed by atoms with Crippen molar-refractivity contribution >= 4 is 0 Å². The lowest BCUT2D eigenvalue weighted by molar-refractivity contribution is 0.101. The van der Waals surface area contributed by atoms with E-state index in [1.807, 2.05) is 32.0 Å². The van der Waals surface area contributed by atoms with E-state index in [1.165, 1.54) is 0 Å². The Balaban J connectivity index is 2.98. The molecule has 0 radical (unpaired) electrons. The summed E-state index contributed by atoms with van der Waals surface area (Å²) < 4.78 is 15.8. The topological polar surface area (TPSA) is 53.7 Å². The van der Waals surface area contributed by atoms with Crippen molar-refractivity contribution in [1.82, 2.24) is 0 Å². The molecule has 0 bridgehead atoms. The lowest BCUT2D eigenvalue weighted by Crippen LogP contribution is -2.38. The van der Waals surface area contributed by atoms with Crippen molar-refractivity contribution in [2.75, 3.05) is 27.4 Å². The molecule has 0 heterocycles. The summed E-state index contributed by atoms with van der Waals surface area (Å²) in [4.78, 5) is 0. The van der Waals surface area contributed by atoms with Crippen LogP contribution in [-0.4, -0.2) is 27.4 Å². The monoisotopic (exact) mass is 239 g/mol. The first-order valence-electron chi connectivity index (χ1n) is 5.64. The van der Waals surface area contributed by atoms with Crippen LogP contribution >= 0.6 is 0 Å². The van der Waals surface area contributed by atoms with E-state index in [-0.39, 0.29) is 0 Å². The van der Waals surface area contributed by atoms with Gasteiger partial charge in [-0.2, -0.15) is 0 Å². The molecular formula is C13H21NO3. The summed E-state index contributed by atoms with van der Waals surface area (Å²) in [6.45, 7) is 5.01. The first kappa shape index (κ1) is 13.8. The van der Waals surface area contributed by atoms with Gasteiger partial charge in [-0.1, -0.05) is 6.07 Å². The third-order valence-electron chi connectivity index (χ3n) is 2.65. The molecule has 2 N–H and O–H groups in total. The first-order valence-corrected chi connectivity index (χ1v) is 5.64. The fourth-order valence-corrected chi connectivity index (χ4v) is 1.59. The average molecular weight is 239 g/mol. The second-order valence-corrected chi connectivity index (χ2v) is 4.12. The van der Waals surface area contributed by atoms with Crippen LogP contribution in [0, 0.1) is 0 Å². The molecule has 0 aromatic heterocycles. The van der Waals surface area contributed by atoms with E-state index in [0.29, 0.717) is 24.7 Å². The molecular weight excluding hydrogens is 218 g/mol. The number of ether oxygens (including phenoxy) is 3. The highest BCUT2D eigenvalue weighted by molar-refractivity contribution is 5.44. The van der Waals surface area contributed by atoms with Crippen LogP contribution in [0.5, 0.6) is 11.5 Å². The Labute approximate surface area is 103 Å². The second kappa shape index (κ2) is 5.89. The highest BCUT2D eigenvalue weighted by atomic mass is 16.5. The summed E-state index contributed by atoms with van der Waals surface area (Å²) in [5, 5.41) is 0. The zero-order chi connectivity index (χ0) is 12.9. The molecule has 0 spiro atoms. The van der Waals surface area contributed by atoms with Crippen molar-refractivity contribution in [3.05, 3.63) is 23.8 Å².